The number of carbonyl (C=O) groups is 6. The van der Waals surface area contributed by atoms with Gasteiger partial charge in [-0.3, -0.25) is 28.8 Å². The molecule has 0 aromatic carbocycles. The molecule has 168 valence electrons. The summed E-state index contributed by atoms with van der Waals surface area (Å²) in [5.41, 5.74) is 0. The molecule has 6 atom stereocenters. The van der Waals surface area contributed by atoms with E-state index in [-0.39, 0.29) is 0 Å². The van der Waals surface area contributed by atoms with E-state index in [1.807, 2.05) is 0 Å². The molecule has 1 fully saturated rings. The summed E-state index contributed by atoms with van der Waals surface area (Å²) in [6, 6.07) is 0. The molecule has 0 saturated heterocycles. The average molecular weight is 448 g/mol. The van der Waals surface area contributed by atoms with E-state index < -0.39 is 70.7 Å². The fraction of sp³-hybridized carbons (Fsp3) is 0.667. The normalized spacial score (nSPS) is 27.9. The van der Waals surface area contributed by atoms with Crippen molar-refractivity contribution in [3.63, 3.8) is 0 Å². The number of thioether (sulfide) groups is 1. The minimum Gasteiger partial charge on any atom is -0.457 e. The van der Waals surface area contributed by atoms with Gasteiger partial charge in [-0.25, -0.2) is 0 Å². The Kier molecular flexibility index (Phi) is 9.27. The first kappa shape index (κ1) is 25.4. The van der Waals surface area contributed by atoms with Gasteiger partial charge in [0.15, 0.2) is 35.6 Å². The zero-order valence-corrected chi connectivity index (χ0v) is 18.2. The van der Waals surface area contributed by atoms with Crippen molar-refractivity contribution in [2.24, 2.45) is 0 Å². The highest BCUT2D eigenvalue weighted by Gasteiger charge is 2.59. The Morgan fingerprint density at radius 2 is 0.700 bits per heavy atom. The fourth-order valence-corrected chi connectivity index (χ4v) is 4.15. The largest absolute Gasteiger partial charge is 0.457 e. The van der Waals surface area contributed by atoms with Gasteiger partial charge < -0.3 is 23.7 Å². The van der Waals surface area contributed by atoms with Crippen LogP contribution in [0.5, 0.6) is 0 Å². The first-order valence-electron chi connectivity index (χ1n) is 8.86. The van der Waals surface area contributed by atoms with Gasteiger partial charge in [0.05, 0.1) is 5.25 Å². The van der Waals surface area contributed by atoms with Crippen molar-refractivity contribution in [3.8, 4) is 0 Å². The van der Waals surface area contributed by atoms with Crippen molar-refractivity contribution in [2.45, 2.75) is 77.3 Å². The molecule has 1 aliphatic carbocycles. The van der Waals surface area contributed by atoms with Gasteiger partial charge in [0.25, 0.3) is 0 Å². The van der Waals surface area contributed by atoms with E-state index >= 15 is 0 Å². The Labute approximate surface area is 177 Å². The van der Waals surface area contributed by atoms with Crippen LogP contribution in [-0.4, -0.2) is 70.7 Å². The lowest BCUT2D eigenvalue weighted by Crippen LogP contribution is -2.67. The minimum absolute atomic E-state index is 0.441. The Balaban J connectivity index is 3.66. The Morgan fingerprint density at radius 1 is 0.467 bits per heavy atom. The number of hydrogen-bond acceptors (Lipinski definition) is 12. The number of ether oxygens (including phenoxy) is 5. The van der Waals surface area contributed by atoms with Gasteiger partial charge in [-0.15, -0.1) is 0 Å². The molecular formula is C18H24O11S. The molecule has 0 aliphatic heterocycles. The van der Waals surface area contributed by atoms with Crippen LogP contribution in [0.15, 0.2) is 0 Å². The smallest absolute Gasteiger partial charge is 0.303 e. The molecule has 1 aliphatic rings. The van der Waals surface area contributed by atoms with Gasteiger partial charge in [0.1, 0.15) is 0 Å². The summed E-state index contributed by atoms with van der Waals surface area (Å²) in [4.78, 5) is 70.5. The summed E-state index contributed by atoms with van der Waals surface area (Å²) in [5, 5.41) is -1.57. The van der Waals surface area contributed by atoms with Gasteiger partial charge in [0, 0.05) is 41.5 Å². The SMILES string of the molecule is CC(=O)OC1[C@@H](OC(C)=O)[C@@H](OC(C)=O)C(SC(C)=O)[C@H](OC(C)=O)[C@H]1OC(C)=O. The van der Waals surface area contributed by atoms with Gasteiger partial charge in [0.2, 0.25) is 0 Å². The summed E-state index contributed by atoms with van der Waals surface area (Å²) in [5.74, 6) is -4.03. The highest BCUT2D eigenvalue weighted by Crippen LogP contribution is 2.38. The van der Waals surface area contributed by atoms with Crippen LogP contribution in [0.4, 0.5) is 0 Å². The van der Waals surface area contributed by atoms with Crippen LogP contribution in [0.3, 0.4) is 0 Å². The maximum Gasteiger partial charge on any atom is 0.303 e. The second-order valence-corrected chi connectivity index (χ2v) is 7.80. The zero-order chi connectivity index (χ0) is 23.2. The predicted octanol–water partition coefficient (Wildman–Crippen LogP) is 0.307. The summed E-state index contributed by atoms with van der Waals surface area (Å²) in [6.07, 6.45) is -7.08. The molecule has 2 unspecified atom stereocenters. The van der Waals surface area contributed by atoms with Crippen LogP contribution < -0.4 is 0 Å². The second-order valence-electron chi connectivity index (χ2n) is 6.44. The van der Waals surface area contributed by atoms with Gasteiger partial charge in [-0.1, -0.05) is 11.8 Å². The fourth-order valence-electron chi connectivity index (χ4n) is 3.08. The lowest BCUT2D eigenvalue weighted by molar-refractivity contribution is -0.228. The monoisotopic (exact) mass is 448 g/mol. The van der Waals surface area contributed by atoms with Crippen LogP contribution in [-0.2, 0) is 52.5 Å². The summed E-state index contributed by atoms with van der Waals surface area (Å²) in [6.45, 7) is 6.59. The second kappa shape index (κ2) is 11.0. The highest BCUT2D eigenvalue weighted by atomic mass is 32.2. The van der Waals surface area contributed by atoms with Gasteiger partial charge >= 0.3 is 29.8 Å². The van der Waals surface area contributed by atoms with E-state index in [1.165, 1.54) is 6.92 Å². The van der Waals surface area contributed by atoms with Gasteiger partial charge in [-0.2, -0.15) is 0 Å². The average Bonchev–Trinajstić information content (AvgIpc) is 2.55. The number of rotatable bonds is 6. The quantitative estimate of drug-likeness (QED) is 0.406. The van der Waals surface area contributed by atoms with E-state index in [9.17, 15) is 28.8 Å². The van der Waals surface area contributed by atoms with Crippen LogP contribution in [0.25, 0.3) is 0 Å². The van der Waals surface area contributed by atoms with Crippen molar-refractivity contribution >= 4 is 46.7 Å². The first-order chi connectivity index (χ1) is 13.8. The van der Waals surface area contributed by atoms with E-state index in [1.54, 1.807) is 0 Å². The molecule has 0 aromatic heterocycles. The number of carbonyl (C=O) groups excluding carboxylic acids is 6. The molecule has 0 aromatic rings. The van der Waals surface area contributed by atoms with E-state index in [0.717, 1.165) is 34.6 Å². The molecular weight excluding hydrogens is 424 g/mol. The summed E-state index contributed by atoms with van der Waals surface area (Å²) >= 11 is 0.642. The van der Waals surface area contributed by atoms with Crippen molar-refractivity contribution in [1.82, 2.24) is 0 Å². The van der Waals surface area contributed by atoms with Crippen molar-refractivity contribution < 1.29 is 52.5 Å². The molecule has 1 saturated carbocycles. The lowest BCUT2D eigenvalue weighted by atomic mass is 9.85. The van der Waals surface area contributed by atoms with Crippen LogP contribution in [0.1, 0.15) is 41.5 Å². The number of esters is 5. The molecule has 0 N–H and O–H groups in total. The van der Waals surface area contributed by atoms with Gasteiger partial charge in [-0.05, 0) is 0 Å². The Hall–Kier alpha value is -2.63. The van der Waals surface area contributed by atoms with Crippen LogP contribution in [0.2, 0.25) is 0 Å². The van der Waals surface area contributed by atoms with Crippen LogP contribution >= 0.6 is 11.8 Å². The van der Waals surface area contributed by atoms with E-state index in [0.29, 0.717) is 11.8 Å². The van der Waals surface area contributed by atoms with Crippen molar-refractivity contribution in [2.75, 3.05) is 0 Å². The number of hydrogen-bond donors (Lipinski definition) is 0. The first-order valence-corrected chi connectivity index (χ1v) is 9.74. The third-order valence-corrected chi connectivity index (χ3v) is 4.90. The van der Waals surface area contributed by atoms with Crippen molar-refractivity contribution in [1.29, 1.82) is 0 Å². The third kappa shape index (κ3) is 7.32. The Bertz CT molecular complexity index is 552. The van der Waals surface area contributed by atoms with E-state index in [2.05, 4.69) is 0 Å². The predicted molar refractivity (Wildman–Crippen MR) is 99.8 cm³/mol. The van der Waals surface area contributed by atoms with Crippen LogP contribution in [0, 0.1) is 0 Å². The Morgan fingerprint density at radius 3 is 0.933 bits per heavy atom. The molecule has 0 radical (unpaired) electrons. The standard InChI is InChI=1S/C18H24O11S/c1-7(19)25-13-14(26-8(2)20)16(28-10(4)22)18(30-12(6)24)17(29-11(5)23)15(13)27-9(3)21/h13-18H,1-6H3/t13?,14-,15+,16-,17-,18?/m1/s1. The molecule has 0 heterocycles. The molecule has 1 rings (SSSR count). The molecule has 0 amide bonds. The highest BCUT2D eigenvalue weighted by molar-refractivity contribution is 8.14. The summed E-state index contributed by atoms with van der Waals surface area (Å²) in [7, 11) is 0. The minimum atomic E-state index is -1.48. The molecule has 0 bridgehead atoms. The van der Waals surface area contributed by atoms with Crippen molar-refractivity contribution in [3.05, 3.63) is 0 Å². The maximum atomic E-state index is 11.9. The molecule has 30 heavy (non-hydrogen) atoms. The molecule has 11 nitrogen and oxygen atoms in total. The molecule has 12 heteroatoms. The third-order valence-electron chi connectivity index (χ3n) is 3.76. The summed E-state index contributed by atoms with van der Waals surface area (Å²) < 4.78 is 26.3. The molecule has 0 spiro atoms. The lowest BCUT2D eigenvalue weighted by Gasteiger charge is -2.47. The van der Waals surface area contributed by atoms with E-state index in [4.69, 9.17) is 23.7 Å². The topological polar surface area (TPSA) is 149 Å². The maximum absolute atomic E-state index is 11.9. The zero-order valence-electron chi connectivity index (χ0n) is 17.4.